The lowest BCUT2D eigenvalue weighted by molar-refractivity contribution is -0.385. The van der Waals surface area contributed by atoms with E-state index in [-0.39, 0.29) is 16.3 Å². The first kappa shape index (κ1) is 14.7. The molecule has 20 heavy (non-hydrogen) atoms. The Hall–Kier alpha value is -1.71. The zero-order chi connectivity index (χ0) is 15.0. The Morgan fingerprint density at radius 3 is 2.50 bits per heavy atom. The molecule has 4 N–H and O–H groups in total. The number of hydrogen-bond acceptors (Lipinski definition) is 6. The van der Waals surface area contributed by atoms with Gasteiger partial charge in [0, 0.05) is 17.7 Å². The van der Waals surface area contributed by atoms with Crippen molar-refractivity contribution < 1.29 is 13.3 Å². The van der Waals surface area contributed by atoms with Crippen molar-refractivity contribution in [2.45, 2.75) is 36.6 Å². The van der Waals surface area contributed by atoms with E-state index in [1.54, 1.807) is 6.92 Å². The molecule has 110 valence electrons. The average molecular weight is 300 g/mol. The third kappa shape index (κ3) is 2.74. The van der Waals surface area contributed by atoms with Crippen LogP contribution in [0.5, 0.6) is 0 Å². The fourth-order valence-electron chi connectivity index (χ4n) is 2.15. The van der Waals surface area contributed by atoms with Gasteiger partial charge in [-0.05, 0) is 32.3 Å². The van der Waals surface area contributed by atoms with Gasteiger partial charge in [-0.1, -0.05) is 0 Å². The smallest absolute Gasteiger partial charge is 0.270 e. The maximum atomic E-state index is 12.4. The number of rotatable bonds is 5. The Morgan fingerprint density at radius 2 is 2.05 bits per heavy atom. The van der Waals surface area contributed by atoms with Gasteiger partial charge in [-0.3, -0.25) is 16.0 Å². The van der Waals surface area contributed by atoms with Crippen LogP contribution in [0.2, 0.25) is 0 Å². The van der Waals surface area contributed by atoms with Crippen LogP contribution in [0.4, 0.5) is 11.4 Å². The van der Waals surface area contributed by atoms with Crippen LogP contribution in [0.25, 0.3) is 0 Å². The summed E-state index contributed by atoms with van der Waals surface area (Å²) in [5, 5.41) is 10.8. The summed E-state index contributed by atoms with van der Waals surface area (Å²) in [6.07, 6.45) is 2.44. The van der Waals surface area contributed by atoms with Crippen LogP contribution in [-0.2, 0) is 10.0 Å². The molecule has 1 aliphatic rings. The largest absolute Gasteiger partial charge is 0.323 e. The van der Waals surface area contributed by atoms with Gasteiger partial charge >= 0.3 is 0 Å². The number of hydrazine groups is 1. The quantitative estimate of drug-likeness (QED) is 0.424. The second kappa shape index (κ2) is 5.00. The molecule has 8 nitrogen and oxygen atoms in total. The molecule has 1 fully saturated rings. The summed E-state index contributed by atoms with van der Waals surface area (Å²) in [5.41, 5.74) is 1.57. The van der Waals surface area contributed by atoms with E-state index in [1.807, 2.05) is 0 Å². The van der Waals surface area contributed by atoms with Crippen molar-refractivity contribution in [2.24, 2.45) is 5.84 Å². The van der Waals surface area contributed by atoms with Gasteiger partial charge in [-0.2, -0.15) is 0 Å². The van der Waals surface area contributed by atoms with Crippen LogP contribution in [0, 0.1) is 10.1 Å². The molecule has 1 saturated carbocycles. The lowest BCUT2D eigenvalue weighted by Crippen LogP contribution is -2.50. The number of sulfonamides is 1. The number of nitrogens with one attached hydrogen (secondary N) is 2. The normalized spacial score (nSPS) is 17.3. The summed E-state index contributed by atoms with van der Waals surface area (Å²) in [6, 6.07) is 3.47. The zero-order valence-electron chi connectivity index (χ0n) is 10.9. The van der Waals surface area contributed by atoms with Gasteiger partial charge < -0.3 is 5.43 Å². The highest BCUT2D eigenvalue weighted by atomic mass is 32.2. The first-order chi connectivity index (χ1) is 9.27. The molecule has 9 heteroatoms. The Labute approximate surface area is 116 Å². The lowest BCUT2D eigenvalue weighted by atomic mass is 9.80. The summed E-state index contributed by atoms with van der Waals surface area (Å²) in [4.78, 5) is 9.90. The average Bonchev–Trinajstić information content (AvgIpc) is 2.35. The van der Waals surface area contributed by atoms with E-state index >= 15 is 0 Å². The molecule has 0 aliphatic heterocycles. The first-order valence-corrected chi connectivity index (χ1v) is 7.55. The number of nitro groups is 1. The van der Waals surface area contributed by atoms with E-state index in [1.165, 1.54) is 12.1 Å². The standard InChI is InChI=1S/C11H16N4O4S/c1-11(5-2-6-11)14-20(18,19)10-7-8(15(16)17)3-4-9(10)13-12/h3-4,7,13-14H,2,5-6,12H2,1H3. The van der Waals surface area contributed by atoms with Crippen LogP contribution >= 0.6 is 0 Å². The third-order valence-electron chi connectivity index (χ3n) is 3.46. The minimum absolute atomic E-state index is 0.117. The number of anilines is 1. The molecule has 0 radical (unpaired) electrons. The van der Waals surface area contributed by atoms with Gasteiger partial charge in [-0.15, -0.1) is 0 Å². The molecule has 0 aromatic heterocycles. The zero-order valence-corrected chi connectivity index (χ0v) is 11.7. The monoisotopic (exact) mass is 300 g/mol. The fourth-order valence-corrected chi connectivity index (χ4v) is 3.81. The van der Waals surface area contributed by atoms with Crippen LogP contribution in [-0.4, -0.2) is 18.9 Å². The van der Waals surface area contributed by atoms with Crippen molar-refractivity contribution in [3.05, 3.63) is 28.3 Å². The first-order valence-electron chi connectivity index (χ1n) is 6.06. The SMILES string of the molecule is CC1(NS(=O)(=O)c2cc([N+](=O)[O-])ccc2NN)CCC1. The number of benzene rings is 1. The highest BCUT2D eigenvalue weighted by Crippen LogP contribution is 2.34. The summed E-state index contributed by atoms with van der Waals surface area (Å²) in [6.45, 7) is 1.81. The molecule has 0 bridgehead atoms. The molecule has 1 aromatic rings. The maximum absolute atomic E-state index is 12.4. The van der Waals surface area contributed by atoms with Gasteiger partial charge in [0.2, 0.25) is 10.0 Å². The minimum Gasteiger partial charge on any atom is -0.323 e. The molecular weight excluding hydrogens is 284 g/mol. The Morgan fingerprint density at radius 1 is 1.40 bits per heavy atom. The summed E-state index contributed by atoms with van der Waals surface area (Å²) in [5.74, 6) is 5.27. The van der Waals surface area contributed by atoms with E-state index in [0.717, 1.165) is 25.3 Å². The van der Waals surface area contributed by atoms with Crippen molar-refractivity contribution in [1.29, 1.82) is 0 Å². The summed E-state index contributed by atoms with van der Waals surface area (Å²) >= 11 is 0. The van der Waals surface area contributed by atoms with E-state index in [4.69, 9.17) is 5.84 Å². The van der Waals surface area contributed by atoms with Gasteiger partial charge in [0.1, 0.15) is 4.90 Å². The van der Waals surface area contributed by atoms with E-state index in [9.17, 15) is 18.5 Å². The molecule has 1 aliphatic carbocycles. The topological polar surface area (TPSA) is 127 Å². The van der Waals surface area contributed by atoms with Crippen LogP contribution in [0.15, 0.2) is 23.1 Å². The Balaban J connectivity index is 2.43. The molecule has 1 aromatic carbocycles. The van der Waals surface area contributed by atoms with Gasteiger partial charge in [0.15, 0.2) is 0 Å². The number of nitrogens with zero attached hydrogens (tertiary/aromatic N) is 1. The highest BCUT2D eigenvalue weighted by molar-refractivity contribution is 7.89. The molecular formula is C11H16N4O4S. The molecule has 0 spiro atoms. The van der Waals surface area contributed by atoms with E-state index in [0.29, 0.717) is 0 Å². The molecule has 0 atom stereocenters. The predicted molar refractivity (Wildman–Crippen MR) is 73.5 cm³/mol. The van der Waals surface area contributed by atoms with E-state index in [2.05, 4.69) is 10.1 Å². The van der Waals surface area contributed by atoms with Gasteiger partial charge in [0.05, 0.1) is 10.6 Å². The number of nitro benzene ring substituents is 1. The van der Waals surface area contributed by atoms with Crippen LogP contribution < -0.4 is 16.0 Å². The lowest BCUT2D eigenvalue weighted by Gasteiger charge is -2.38. The van der Waals surface area contributed by atoms with Crippen molar-refractivity contribution in [2.75, 3.05) is 5.43 Å². The van der Waals surface area contributed by atoms with Crippen molar-refractivity contribution in [3.8, 4) is 0 Å². The van der Waals surface area contributed by atoms with Gasteiger partial charge in [0.25, 0.3) is 5.69 Å². The third-order valence-corrected chi connectivity index (χ3v) is 5.14. The highest BCUT2D eigenvalue weighted by Gasteiger charge is 2.37. The van der Waals surface area contributed by atoms with Crippen molar-refractivity contribution in [1.82, 2.24) is 4.72 Å². The molecule has 0 heterocycles. The number of nitrogen functional groups attached to an aromatic ring is 1. The predicted octanol–water partition coefficient (Wildman–Crippen LogP) is 1.10. The summed E-state index contributed by atoms with van der Waals surface area (Å²) < 4.78 is 27.3. The Bertz CT molecular complexity index is 640. The Kier molecular flexibility index (Phi) is 3.67. The second-order valence-electron chi connectivity index (χ2n) is 5.10. The van der Waals surface area contributed by atoms with Crippen LogP contribution in [0.1, 0.15) is 26.2 Å². The number of hydrogen-bond donors (Lipinski definition) is 3. The number of non-ortho nitro benzene ring substituents is 1. The molecule has 0 amide bonds. The summed E-state index contributed by atoms with van der Waals surface area (Å²) in [7, 11) is -3.87. The van der Waals surface area contributed by atoms with Crippen molar-refractivity contribution in [3.63, 3.8) is 0 Å². The minimum atomic E-state index is -3.87. The van der Waals surface area contributed by atoms with Crippen molar-refractivity contribution >= 4 is 21.4 Å². The van der Waals surface area contributed by atoms with Gasteiger partial charge in [-0.25, -0.2) is 13.1 Å². The number of nitrogens with two attached hydrogens (primary N) is 1. The molecule has 0 saturated heterocycles. The van der Waals surface area contributed by atoms with E-state index < -0.39 is 20.5 Å². The second-order valence-corrected chi connectivity index (χ2v) is 6.75. The molecule has 0 unspecified atom stereocenters. The van der Waals surface area contributed by atoms with Crippen LogP contribution in [0.3, 0.4) is 0 Å². The molecule has 2 rings (SSSR count). The maximum Gasteiger partial charge on any atom is 0.270 e. The fraction of sp³-hybridized carbons (Fsp3) is 0.455.